The van der Waals surface area contributed by atoms with Crippen molar-refractivity contribution in [1.82, 2.24) is 14.8 Å². The number of nitrogens with zero attached hydrogens (tertiary/aromatic N) is 3. The molecule has 202 valence electrons. The van der Waals surface area contributed by atoms with Crippen molar-refractivity contribution in [3.05, 3.63) is 64.3 Å². The second-order valence-corrected chi connectivity index (χ2v) is 10.4. The van der Waals surface area contributed by atoms with Crippen LogP contribution in [0.3, 0.4) is 0 Å². The van der Waals surface area contributed by atoms with Gasteiger partial charge in [0.15, 0.2) is 11.0 Å². The minimum Gasteiger partial charge on any atom is -0.486 e. The van der Waals surface area contributed by atoms with E-state index in [2.05, 4.69) is 22.1 Å². The van der Waals surface area contributed by atoms with Gasteiger partial charge in [-0.25, -0.2) is 4.79 Å². The molecule has 4 rings (SSSR count). The first-order valence-electron chi connectivity index (χ1n) is 11.7. The Balaban J connectivity index is 1.42. The molecule has 0 unspecified atom stereocenters. The molecular formula is C25H25F3N4O4S2. The second-order valence-electron chi connectivity index (χ2n) is 8.36. The minimum absolute atomic E-state index is 0.00700. The molecule has 0 atom stereocenters. The topological polar surface area (TPSA) is 95.3 Å². The molecule has 0 aliphatic heterocycles. The van der Waals surface area contributed by atoms with Crippen LogP contribution in [0.25, 0.3) is 0 Å². The molecule has 1 aliphatic carbocycles. The number of alkyl halides is 3. The Morgan fingerprint density at radius 2 is 2.05 bits per heavy atom. The van der Waals surface area contributed by atoms with Gasteiger partial charge in [-0.15, -0.1) is 28.1 Å². The lowest BCUT2D eigenvalue weighted by Gasteiger charge is -2.12. The fraction of sp³-hybridized carbons (Fsp3) is 0.360. The smallest absolute Gasteiger partial charge is 0.416 e. The summed E-state index contributed by atoms with van der Waals surface area (Å²) in [5.41, 5.74) is 0.563. The van der Waals surface area contributed by atoms with Gasteiger partial charge in [-0.1, -0.05) is 23.9 Å². The Labute approximate surface area is 225 Å². The van der Waals surface area contributed by atoms with Crippen LogP contribution in [0.5, 0.6) is 5.75 Å². The molecule has 2 heterocycles. The number of thioether (sulfide) groups is 1. The number of thiophene rings is 1. The van der Waals surface area contributed by atoms with Gasteiger partial charge in [0.1, 0.15) is 17.4 Å². The van der Waals surface area contributed by atoms with Crippen LogP contribution in [0.15, 0.2) is 42.1 Å². The van der Waals surface area contributed by atoms with E-state index in [0.717, 1.165) is 60.0 Å². The van der Waals surface area contributed by atoms with E-state index in [-0.39, 0.29) is 24.0 Å². The third-order valence-corrected chi connectivity index (χ3v) is 7.95. The number of aryl methyl sites for hydroxylation is 1. The number of hydrogen-bond acceptors (Lipinski definition) is 8. The van der Waals surface area contributed by atoms with Gasteiger partial charge in [0.2, 0.25) is 5.91 Å². The van der Waals surface area contributed by atoms with Crippen molar-refractivity contribution in [2.75, 3.05) is 18.2 Å². The van der Waals surface area contributed by atoms with Crippen LogP contribution < -0.4 is 10.1 Å². The van der Waals surface area contributed by atoms with Gasteiger partial charge >= 0.3 is 12.1 Å². The van der Waals surface area contributed by atoms with Crippen LogP contribution in [0.2, 0.25) is 0 Å². The van der Waals surface area contributed by atoms with Gasteiger partial charge in [0.05, 0.1) is 24.0 Å². The predicted octanol–water partition coefficient (Wildman–Crippen LogP) is 5.52. The minimum atomic E-state index is -4.48. The number of halogens is 3. The van der Waals surface area contributed by atoms with Crippen LogP contribution >= 0.6 is 23.1 Å². The number of hydrogen-bond donors (Lipinski definition) is 1. The highest BCUT2D eigenvalue weighted by Crippen LogP contribution is 2.38. The lowest BCUT2D eigenvalue weighted by Crippen LogP contribution is -2.17. The van der Waals surface area contributed by atoms with E-state index in [4.69, 9.17) is 9.47 Å². The van der Waals surface area contributed by atoms with Crippen LogP contribution in [0.4, 0.5) is 18.2 Å². The van der Waals surface area contributed by atoms with E-state index in [1.165, 1.54) is 30.6 Å². The maximum atomic E-state index is 13.0. The number of aromatic nitrogens is 3. The van der Waals surface area contributed by atoms with Crippen molar-refractivity contribution in [2.45, 2.75) is 50.2 Å². The molecule has 0 bridgehead atoms. The van der Waals surface area contributed by atoms with E-state index in [1.54, 1.807) is 10.6 Å². The molecule has 8 nitrogen and oxygen atoms in total. The average molecular weight is 567 g/mol. The summed E-state index contributed by atoms with van der Waals surface area (Å²) in [4.78, 5) is 26.3. The second kappa shape index (κ2) is 12.0. The third-order valence-electron chi connectivity index (χ3n) is 5.78. The van der Waals surface area contributed by atoms with E-state index in [9.17, 15) is 22.8 Å². The van der Waals surface area contributed by atoms with Gasteiger partial charge in [0.25, 0.3) is 0 Å². The van der Waals surface area contributed by atoms with Crippen molar-refractivity contribution in [2.24, 2.45) is 0 Å². The normalized spacial score (nSPS) is 13.1. The zero-order valence-electron chi connectivity index (χ0n) is 20.5. The Morgan fingerprint density at radius 1 is 1.26 bits per heavy atom. The number of fused-ring (bicyclic) bond motifs is 1. The first-order valence-corrected chi connectivity index (χ1v) is 13.5. The summed E-state index contributed by atoms with van der Waals surface area (Å²) in [6.45, 7) is 3.90. The molecule has 0 saturated carbocycles. The summed E-state index contributed by atoms with van der Waals surface area (Å²) in [7, 11) is 1.32. The summed E-state index contributed by atoms with van der Waals surface area (Å²) < 4.78 is 51.1. The predicted molar refractivity (Wildman–Crippen MR) is 138 cm³/mol. The monoisotopic (exact) mass is 566 g/mol. The zero-order chi connectivity index (χ0) is 27.3. The molecule has 1 aliphatic rings. The molecule has 38 heavy (non-hydrogen) atoms. The summed E-state index contributed by atoms with van der Waals surface area (Å²) in [6.07, 6.45) is 0.792. The highest BCUT2D eigenvalue weighted by atomic mass is 32.2. The number of allylic oxidation sites excluding steroid dienone is 1. The van der Waals surface area contributed by atoms with Gasteiger partial charge in [-0.3, -0.25) is 9.36 Å². The average Bonchev–Trinajstić information content (AvgIpc) is 3.46. The Morgan fingerprint density at radius 3 is 2.79 bits per heavy atom. The van der Waals surface area contributed by atoms with Crippen LogP contribution in [-0.4, -0.2) is 39.5 Å². The molecule has 3 aromatic rings. The van der Waals surface area contributed by atoms with Gasteiger partial charge < -0.3 is 14.8 Å². The molecule has 2 aromatic heterocycles. The van der Waals surface area contributed by atoms with Crippen LogP contribution in [0.1, 0.15) is 45.0 Å². The van der Waals surface area contributed by atoms with E-state index in [1.807, 2.05) is 0 Å². The number of methoxy groups -OCH3 is 1. The Bertz CT molecular complexity index is 1340. The number of nitrogens with one attached hydrogen (secondary N) is 1. The lowest BCUT2D eigenvalue weighted by atomic mass is 9.95. The number of esters is 1. The summed E-state index contributed by atoms with van der Waals surface area (Å²) >= 11 is 2.53. The molecule has 13 heteroatoms. The summed E-state index contributed by atoms with van der Waals surface area (Å²) in [6, 6.07) is 4.57. The van der Waals surface area contributed by atoms with Gasteiger partial charge in [0, 0.05) is 11.4 Å². The summed E-state index contributed by atoms with van der Waals surface area (Å²) in [5.74, 6) is -0.393. The maximum Gasteiger partial charge on any atom is 0.416 e. The zero-order valence-corrected chi connectivity index (χ0v) is 22.1. The number of carbonyl (C=O) groups excluding carboxylic acids is 2. The molecule has 1 amide bonds. The molecule has 1 aromatic carbocycles. The number of anilines is 1. The van der Waals surface area contributed by atoms with E-state index >= 15 is 0 Å². The maximum absolute atomic E-state index is 13.0. The number of rotatable bonds is 10. The Kier molecular flexibility index (Phi) is 8.77. The number of benzene rings is 1. The van der Waals surface area contributed by atoms with Crippen molar-refractivity contribution in [3.8, 4) is 5.75 Å². The van der Waals surface area contributed by atoms with Crippen LogP contribution in [-0.2, 0) is 41.7 Å². The molecule has 0 fully saturated rings. The largest absolute Gasteiger partial charge is 0.486 e. The number of amides is 1. The van der Waals surface area contributed by atoms with Crippen molar-refractivity contribution < 1.29 is 32.2 Å². The molecule has 1 N–H and O–H groups in total. The fourth-order valence-electron chi connectivity index (χ4n) is 4.02. The standard InChI is InChI=1S/C25H25F3N4O4S2/c1-3-11-32-19(13-36-16-8-6-7-15(12-16)25(26,27)28)30-31-24(32)37-14-20(33)29-22-21(23(34)35-2)17-9-4-5-10-18(17)38-22/h3,6-8,12H,1,4-5,9-11,13-14H2,2H3,(H,29,33). The summed E-state index contributed by atoms with van der Waals surface area (Å²) in [5, 5.41) is 11.9. The van der Waals surface area contributed by atoms with Crippen molar-refractivity contribution in [1.29, 1.82) is 0 Å². The number of carbonyl (C=O) groups is 2. The quantitative estimate of drug-likeness (QED) is 0.196. The first-order chi connectivity index (χ1) is 18.2. The highest BCUT2D eigenvalue weighted by molar-refractivity contribution is 7.99. The Hall–Kier alpha value is -3.32. The van der Waals surface area contributed by atoms with Crippen molar-refractivity contribution in [3.63, 3.8) is 0 Å². The molecular weight excluding hydrogens is 541 g/mol. The molecule has 0 saturated heterocycles. The highest BCUT2D eigenvalue weighted by Gasteiger charge is 2.31. The fourth-order valence-corrected chi connectivity index (χ4v) is 6.08. The van der Waals surface area contributed by atoms with E-state index < -0.39 is 17.7 Å². The number of ether oxygens (including phenoxy) is 2. The molecule has 0 spiro atoms. The van der Waals surface area contributed by atoms with Gasteiger partial charge in [-0.05, 0) is 49.4 Å². The van der Waals surface area contributed by atoms with Crippen LogP contribution in [0, 0.1) is 0 Å². The molecule has 0 radical (unpaired) electrons. The van der Waals surface area contributed by atoms with Gasteiger partial charge in [-0.2, -0.15) is 13.2 Å². The lowest BCUT2D eigenvalue weighted by molar-refractivity contribution is -0.137. The third kappa shape index (κ3) is 6.38. The SMILES string of the molecule is C=CCn1c(COc2cccc(C(F)(F)F)c2)nnc1SCC(=O)Nc1sc2c(c1C(=O)OC)CCCC2. The van der Waals surface area contributed by atoms with E-state index in [0.29, 0.717) is 28.1 Å². The van der Waals surface area contributed by atoms with Crippen molar-refractivity contribution >= 4 is 40.0 Å². The first kappa shape index (κ1) is 27.7.